The van der Waals surface area contributed by atoms with Gasteiger partial charge < -0.3 is 16.2 Å². The number of aromatic nitrogens is 1. The van der Waals surface area contributed by atoms with Gasteiger partial charge in [-0.05, 0) is 30.3 Å². The number of para-hydroxylation sites is 1. The van der Waals surface area contributed by atoms with Gasteiger partial charge in [0.05, 0.1) is 5.52 Å². The average molecular weight is 519 g/mol. The molecule has 0 unspecified atom stereocenters. The third-order valence-electron chi connectivity index (χ3n) is 4.98. The van der Waals surface area contributed by atoms with Crippen LogP contribution in [0.3, 0.4) is 0 Å². The molecule has 0 bridgehead atoms. The van der Waals surface area contributed by atoms with Crippen molar-refractivity contribution in [3.05, 3.63) is 65.6 Å². The van der Waals surface area contributed by atoms with E-state index in [0.717, 1.165) is 12.1 Å². The molecule has 36 heavy (non-hydrogen) atoms. The van der Waals surface area contributed by atoms with Crippen molar-refractivity contribution in [2.24, 2.45) is 5.73 Å². The van der Waals surface area contributed by atoms with E-state index in [1.165, 1.54) is 44.6 Å². The van der Waals surface area contributed by atoms with Gasteiger partial charge in [0.1, 0.15) is 5.69 Å². The number of anilines is 1. The molecule has 4 rings (SSSR count). The summed E-state index contributed by atoms with van der Waals surface area (Å²) in [4.78, 5) is 14.1. The van der Waals surface area contributed by atoms with Crippen molar-refractivity contribution in [1.29, 1.82) is 0 Å². The zero-order valence-corrected chi connectivity index (χ0v) is 18.9. The summed E-state index contributed by atoms with van der Waals surface area (Å²) in [5.74, 6) is -3.28. The van der Waals surface area contributed by atoms with Crippen LogP contribution in [0.2, 0.25) is 0 Å². The van der Waals surface area contributed by atoms with Gasteiger partial charge in [-0.25, -0.2) is 9.37 Å². The van der Waals surface area contributed by atoms with Crippen molar-refractivity contribution >= 4 is 22.5 Å². The Balaban J connectivity index is 0.000000207. The molecule has 1 aliphatic rings. The third-order valence-corrected chi connectivity index (χ3v) is 4.98. The molecule has 4 N–H and O–H groups in total. The van der Waals surface area contributed by atoms with Crippen molar-refractivity contribution < 1.29 is 40.3 Å². The summed E-state index contributed by atoms with van der Waals surface area (Å²) in [5, 5.41) is 0.533. The number of carbonyl (C=O) groups is 1. The number of primary amides is 1. The monoisotopic (exact) mass is 519 g/mol. The molecule has 1 saturated carbocycles. The van der Waals surface area contributed by atoms with Gasteiger partial charge in [0.2, 0.25) is 5.91 Å². The fourth-order valence-corrected chi connectivity index (χ4v) is 3.27. The fraction of sp³-hybridized carbons (Fsp3) is 0.333. The van der Waals surface area contributed by atoms with Gasteiger partial charge in [-0.1, -0.05) is 56.7 Å². The molecule has 0 spiro atoms. The molecule has 1 amide bonds. The number of hydrogen-bond donors (Lipinski definition) is 2. The normalized spacial score (nSPS) is 13.6. The van der Waals surface area contributed by atoms with Crippen molar-refractivity contribution in [3.8, 4) is 5.75 Å². The van der Waals surface area contributed by atoms with Gasteiger partial charge in [-0.3, -0.25) is 4.79 Å². The first-order valence-electron chi connectivity index (χ1n) is 10.9. The van der Waals surface area contributed by atoms with Crippen LogP contribution in [0.4, 0.5) is 36.4 Å². The number of pyridine rings is 1. The predicted octanol–water partition coefficient (Wildman–Crippen LogP) is 7.00. The molecule has 12 heteroatoms. The second-order valence-corrected chi connectivity index (χ2v) is 7.79. The largest absolute Gasteiger partial charge is 0.573 e. The van der Waals surface area contributed by atoms with Crippen LogP contribution in [0.5, 0.6) is 5.75 Å². The van der Waals surface area contributed by atoms with Gasteiger partial charge in [0.25, 0.3) is 0 Å². The van der Waals surface area contributed by atoms with Gasteiger partial charge >= 0.3 is 12.5 Å². The van der Waals surface area contributed by atoms with Crippen LogP contribution < -0.4 is 16.2 Å². The average Bonchev–Trinajstić information content (AvgIpc) is 2.81. The van der Waals surface area contributed by atoms with Crippen LogP contribution in [0, 0.1) is 5.82 Å². The number of alkyl halides is 6. The second kappa shape index (κ2) is 12.4. The number of hydrogen-bond acceptors (Lipinski definition) is 4. The molecule has 0 saturated heterocycles. The van der Waals surface area contributed by atoms with E-state index in [1.54, 1.807) is 18.2 Å². The number of benzene rings is 2. The van der Waals surface area contributed by atoms with Gasteiger partial charge in [0, 0.05) is 16.6 Å². The SMILES string of the molecule is C1CCCCC1.NC(=O)c1ccc(F)c(OC(F)(F)F)c1.Nc1cc(C(F)(F)F)nc2ccccc12. The number of ether oxygens (including phenoxy) is 1. The Labute approximate surface area is 202 Å². The van der Waals surface area contributed by atoms with Crippen LogP contribution >= 0.6 is 0 Å². The standard InChI is InChI=1S/C10H7F3N2.C8H5F4NO2.C6H12/c11-10(12,13)9-5-7(14)6-3-1-2-4-8(6)15-9;9-5-2-1-4(7(13)14)3-6(5)15-8(10,11)12;1-2-4-6-5-3-1/h1-5H,(H2,14,15);1-3H,(H2,13,14);1-6H2. The van der Waals surface area contributed by atoms with Crippen molar-refractivity contribution in [2.45, 2.75) is 51.1 Å². The second-order valence-electron chi connectivity index (χ2n) is 7.79. The van der Waals surface area contributed by atoms with E-state index in [2.05, 4.69) is 9.72 Å². The van der Waals surface area contributed by atoms with Gasteiger partial charge in [-0.15, -0.1) is 13.2 Å². The lowest BCUT2D eigenvalue weighted by Gasteiger charge is -2.09. The number of carbonyl (C=O) groups excluding carboxylic acids is 1. The maximum absolute atomic E-state index is 12.8. The summed E-state index contributed by atoms with van der Waals surface area (Å²) in [7, 11) is 0. The van der Waals surface area contributed by atoms with Crippen molar-refractivity contribution in [3.63, 3.8) is 0 Å². The minimum Gasteiger partial charge on any atom is -0.403 e. The molecule has 0 radical (unpaired) electrons. The predicted molar refractivity (Wildman–Crippen MR) is 120 cm³/mol. The van der Waals surface area contributed by atoms with Crippen LogP contribution in [-0.4, -0.2) is 17.3 Å². The van der Waals surface area contributed by atoms with E-state index in [1.807, 2.05) is 0 Å². The molecule has 0 aliphatic heterocycles. The molecule has 1 heterocycles. The Kier molecular flexibility index (Phi) is 9.88. The van der Waals surface area contributed by atoms with E-state index in [9.17, 15) is 35.5 Å². The summed E-state index contributed by atoms with van der Waals surface area (Å²) in [5.41, 5.74) is 9.43. The van der Waals surface area contributed by atoms with Gasteiger partial charge in [-0.2, -0.15) is 13.2 Å². The lowest BCUT2D eigenvalue weighted by molar-refractivity contribution is -0.275. The summed E-state index contributed by atoms with van der Waals surface area (Å²) < 4.78 is 88.5. The Morgan fingerprint density at radius 2 is 1.42 bits per heavy atom. The maximum atomic E-state index is 12.8. The zero-order chi connectivity index (χ0) is 26.9. The highest BCUT2D eigenvalue weighted by atomic mass is 19.4. The van der Waals surface area contributed by atoms with Crippen LogP contribution in [0.1, 0.15) is 54.6 Å². The van der Waals surface area contributed by atoms with Crippen molar-refractivity contribution in [2.75, 3.05) is 5.73 Å². The first-order chi connectivity index (χ1) is 16.8. The topological polar surface area (TPSA) is 91.2 Å². The highest BCUT2D eigenvalue weighted by Crippen LogP contribution is 2.31. The van der Waals surface area contributed by atoms with E-state index in [0.29, 0.717) is 17.5 Å². The summed E-state index contributed by atoms with van der Waals surface area (Å²) in [6.07, 6.45) is -0.477. The molecule has 3 aromatic rings. The van der Waals surface area contributed by atoms with Gasteiger partial charge in [0.15, 0.2) is 11.6 Å². The fourth-order valence-electron chi connectivity index (χ4n) is 3.27. The first kappa shape index (κ1) is 28.7. The number of halogens is 7. The number of amides is 1. The molecule has 196 valence electrons. The molecule has 2 aromatic carbocycles. The summed E-state index contributed by atoms with van der Waals surface area (Å²) in [6, 6.07) is 9.52. The van der Waals surface area contributed by atoms with E-state index >= 15 is 0 Å². The quantitative estimate of drug-likeness (QED) is 0.357. The van der Waals surface area contributed by atoms with E-state index in [4.69, 9.17) is 11.5 Å². The highest BCUT2D eigenvalue weighted by molar-refractivity contribution is 5.93. The molecule has 5 nitrogen and oxygen atoms in total. The smallest absolute Gasteiger partial charge is 0.403 e. The molecular formula is C24H24F7N3O2. The summed E-state index contributed by atoms with van der Waals surface area (Å²) >= 11 is 0. The highest BCUT2D eigenvalue weighted by Gasteiger charge is 2.33. The number of fused-ring (bicyclic) bond motifs is 1. The number of nitrogens with zero attached hydrogens (tertiary/aromatic N) is 1. The lowest BCUT2D eigenvalue weighted by Crippen LogP contribution is -2.19. The number of nitrogens with two attached hydrogens (primary N) is 2. The number of rotatable bonds is 2. The molecular weight excluding hydrogens is 495 g/mol. The third kappa shape index (κ3) is 9.23. The zero-order valence-electron chi connectivity index (χ0n) is 18.9. The van der Waals surface area contributed by atoms with Crippen LogP contribution in [0.25, 0.3) is 10.9 Å². The number of nitrogen functional groups attached to an aromatic ring is 1. The Morgan fingerprint density at radius 1 is 0.861 bits per heavy atom. The van der Waals surface area contributed by atoms with Crippen LogP contribution in [-0.2, 0) is 6.18 Å². The Bertz CT molecular complexity index is 1150. The summed E-state index contributed by atoms with van der Waals surface area (Å²) in [6.45, 7) is 0. The van der Waals surface area contributed by atoms with Crippen molar-refractivity contribution in [1.82, 2.24) is 4.98 Å². The molecule has 1 fully saturated rings. The van der Waals surface area contributed by atoms with E-state index < -0.39 is 35.7 Å². The Morgan fingerprint density at radius 3 is 1.92 bits per heavy atom. The minimum absolute atomic E-state index is 0.0907. The molecule has 1 aliphatic carbocycles. The lowest BCUT2D eigenvalue weighted by atomic mass is 10.0. The Hall–Kier alpha value is -3.57. The first-order valence-corrected chi connectivity index (χ1v) is 10.9. The molecule has 0 atom stereocenters. The minimum atomic E-state index is -5.02. The van der Waals surface area contributed by atoms with Crippen LogP contribution in [0.15, 0.2) is 48.5 Å². The van der Waals surface area contributed by atoms with E-state index in [-0.39, 0.29) is 16.8 Å². The maximum Gasteiger partial charge on any atom is 0.573 e. The molecule has 1 aromatic heterocycles.